The molecule has 0 aliphatic heterocycles. The lowest BCUT2D eigenvalue weighted by atomic mass is 10.1. The van der Waals surface area contributed by atoms with Crippen LogP contribution in [0.1, 0.15) is 49.5 Å². The van der Waals surface area contributed by atoms with Gasteiger partial charge in [-0.3, -0.25) is 9.59 Å². The molecule has 166 valence electrons. The molecule has 0 aromatic heterocycles. The van der Waals surface area contributed by atoms with E-state index in [1.807, 2.05) is 26.0 Å². The van der Waals surface area contributed by atoms with Crippen molar-refractivity contribution in [1.82, 2.24) is 10.6 Å². The predicted molar refractivity (Wildman–Crippen MR) is 108 cm³/mol. The Morgan fingerprint density at radius 2 is 2.10 bits per heavy atom. The number of aliphatic hydroxyl groups is 1. The second-order valence-corrected chi connectivity index (χ2v) is 8.06. The molecule has 10 heteroatoms. The third-order valence-electron chi connectivity index (χ3n) is 4.73. The Labute approximate surface area is 175 Å². The lowest BCUT2D eigenvalue weighted by molar-refractivity contribution is -0.767. The Morgan fingerprint density at radius 1 is 1.37 bits per heavy atom. The number of hydrogen-bond acceptors (Lipinski definition) is 8. The quantitative estimate of drug-likeness (QED) is 0.334. The minimum atomic E-state index is -0.924. The summed E-state index contributed by atoms with van der Waals surface area (Å²) in [6.45, 7) is 5.63. The van der Waals surface area contributed by atoms with Gasteiger partial charge >= 0.3 is 0 Å². The summed E-state index contributed by atoms with van der Waals surface area (Å²) >= 11 is 0. The molecule has 0 heterocycles. The van der Waals surface area contributed by atoms with Gasteiger partial charge in [0, 0.05) is 25.0 Å². The van der Waals surface area contributed by atoms with Crippen LogP contribution in [0.3, 0.4) is 0 Å². The van der Waals surface area contributed by atoms with E-state index in [-0.39, 0.29) is 37.8 Å². The Balaban J connectivity index is 1.73. The lowest BCUT2D eigenvalue weighted by Crippen LogP contribution is -2.52. The van der Waals surface area contributed by atoms with Gasteiger partial charge in [0.15, 0.2) is 5.78 Å². The van der Waals surface area contributed by atoms with Gasteiger partial charge in [-0.25, -0.2) is 0 Å². The molecule has 1 aromatic rings. The monoisotopic (exact) mass is 423 g/mol. The van der Waals surface area contributed by atoms with Crippen molar-refractivity contribution in [3.05, 3.63) is 39.4 Å². The lowest BCUT2D eigenvalue weighted by Gasteiger charge is -2.28. The van der Waals surface area contributed by atoms with E-state index in [0.29, 0.717) is 24.2 Å². The fraction of sp³-hybridized carbons (Fsp3) is 0.600. The number of carbonyl (C=O) groups excluding carboxylic acids is 2. The molecule has 2 atom stereocenters. The molecule has 10 nitrogen and oxygen atoms in total. The number of fused-ring (bicyclic) bond motifs is 1. The first-order valence-electron chi connectivity index (χ1n) is 9.86. The number of aryl methyl sites for hydroxylation is 1. The molecule has 2 rings (SSSR count). The molecule has 0 spiro atoms. The largest absolute Gasteiger partial charge is 0.490 e. The first-order chi connectivity index (χ1) is 14.1. The Morgan fingerprint density at radius 3 is 2.80 bits per heavy atom. The van der Waals surface area contributed by atoms with Crippen LogP contribution in [0.15, 0.2) is 18.2 Å². The highest BCUT2D eigenvalue weighted by Gasteiger charge is 2.24. The molecular weight excluding hydrogens is 394 g/mol. The highest BCUT2D eigenvalue weighted by Crippen LogP contribution is 2.30. The Bertz CT molecular complexity index is 782. The summed E-state index contributed by atoms with van der Waals surface area (Å²) < 4.78 is 5.67. The van der Waals surface area contributed by atoms with Crippen molar-refractivity contribution in [2.24, 2.45) is 0 Å². The van der Waals surface area contributed by atoms with Crippen LogP contribution in [0.4, 0.5) is 0 Å². The van der Waals surface area contributed by atoms with Gasteiger partial charge in [-0.15, -0.1) is 10.1 Å². The number of amides is 1. The number of nitrogens with zero attached hydrogens (tertiary/aromatic N) is 1. The molecule has 0 saturated heterocycles. The molecule has 1 amide bonds. The number of nitrogens with one attached hydrogen (secondary N) is 2. The average molecular weight is 423 g/mol. The standard InChI is InChI=1S/C20H29N3O7/c1-13(30-23(27)28)9-18(26)21-12-20(2,3)22-10-15(24)11-29-17-6-4-5-14-7-8-16(25)19(14)17/h4-6,13,15,22,24H,7-12H2,1-3H3,(H,21,26). The number of β-amino-alcohol motifs (C(OH)–C–C–N with tert-alkyl or cyclic N) is 1. The van der Waals surface area contributed by atoms with E-state index in [1.165, 1.54) is 6.92 Å². The number of benzene rings is 1. The van der Waals surface area contributed by atoms with Crippen LogP contribution in [0.25, 0.3) is 0 Å². The second kappa shape index (κ2) is 10.4. The molecular formula is C20H29N3O7. The second-order valence-electron chi connectivity index (χ2n) is 8.06. The van der Waals surface area contributed by atoms with Crippen LogP contribution in [-0.2, 0) is 16.1 Å². The fourth-order valence-electron chi connectivity index (χ4n) is 3.13. The van der Waals surface area contributed by atoms with Gasteiger partial charge in [0.25, 0.3) is 5.09 Å². The van der Waals surface area contributed by atoms with Gasteiger partial charge in [0.1, 0.15) is 24.6 Å². The highest BCUT2D eigenvalue weighted by molar-refractivity contribution is 6.02. The normalized spacial score (nSPS) is 15.3. The summed E-state index contributed by atoms with van der Waals surface area (Å²) in [7, 11) is 0. The maximum absolute atomic E-state index is 12.0. The summed E-state index contributed by atoms with van der Waals surface area (Å²) in [5.41, 5.74) is 1.05. The van der Waals surface area contributed by atoms with Crippen molar-refractivity contribution in [3.63, 3.8) is 0 Å². The predicted octanol–water partition coefficient (Wildman–Crippen LogP) is 1.03. The van der Waals surface area contributed by atoms with E-state index in [0.717, 1.165) is 5.56 Å². The van der Waals surface area contributed by atoms with Crippen molar-refractivity contribution in [2.75, 3.05) is 19.7 Å². The van der Waals surface area contributed by atoms with E-state index < -0.39 is 22.8 Å². The summed E-state index contributed by atoms with van der Waals surface area (Å²) in [4.78, 5) is 38.4. The number of aliphatic hydroxyl groups excluding tert-OH is 1. The number of carbonyl (C=O) groups is 2. The van der Waals surface area contributed by atoms with Gasteiger partial charge in [-0.05, 0) is 38.8 Å². The molecule has 2 unspecified atom stereocenters. The van der Waals surface area contributed by atoms with E-state index in [9.17, 15) is 24.8 Å². The van der Waals surface area contributed by atoms with E-state index in [1.54, 1.807) is 6.07 Å². The van der Waals surface area contributed by atoms with Gasteiger partial charge in [0.05, 0.1) is 12.0 Å². The molecule has 1 aliphatic carbocycles. The number of Topliss-reactive ketones (excluding diaryl/α,β-unsaturated/α-hetero) is 1. The fourth-order valence-corrected chi connectivity index (χ4v) is 3.13. The maximum Gasteiger partial charge on any atom is 0.294 e. The minimum Gasteiger partial charge on any atom is -0.490 e. The van der Waals surface area contributed by atoms with Crippen molar-refractivity contribution >= 4 is 11.7 Å². The van der Waals surface area contributed by atoms with Crippen LogP contribution in [0, 0.1) is 10.1 Å². The molecule has 1 aromatic carbocycles. The first-order valence-corrected chi connectivity index (χ1v) is 9.86. The van der Waals surface area contributed by atoms with Crippen molar-refractivity contribution in [3.8, 4) is 5.75 Å². The summed E-state index contributed by atoms with van der Waals surface area (Å²) in [6.07, 6.45) is -0.585. The topological polar surface area (TPSA) is 140 Å². The summed E-state index contributed by atoms with van der Waals surface area (Å²) in [5, 5.41) is 25.4. The van der Waals surface area contributed by atoms with Crippen LogP contribution in [0.2, 0.25) is 0 Å². The molecule has 0 fully saturated rings. The molecule has 3 N–H and O–H groups in total. The maximum atomic E-state index is 12.0. The molecule has 30 heavy (non-hydrogen) atoms. The molecule has 0 radical (unpaired) electrons. The molecule has 0 saturated carbocycles. The first kappa shape index (κ1) is 23.6. The number of rotatable bonds is 12. The smallest absolute Gasteiger partial charge is 0.294 e. The van der Waals surface area contributed by atoms with Crippen LogP contribution in [-0.4, -0.2) is 59.3 Å². The zero-order chi connectivity index (χ0) is 22.3. The number of hydrogen-bond donors (Lipinski definition) is 3. The third kappa shape index (κ3) is 7.27. The van der Waals surface area contributed by atoms with Gasteiger partial charge in [-0.1, -0.05) is 12.1 Å². The van der Waals surface area contributed by atoms with Gasteiger partial charge in [-0.2, -0.15) is 0 Å². The zero-order valence-corrected chi connectivity index (χ0v) is 17.5. The number of ketones is 1. The molecule has 1 aliphatic rings. The van der Waals surface area contributed by atoms with E-state index in [4.69, 9.17) is 4.74 Å². The van der Waals surface area contributed by atoms with E-state index in [2.05, 4.69) is 15.5 Å². The van der Waals surface area contributed by atoms with Crippen molar-refractivity contribution in [1.29, 1.82) is 0 Å². The van der Waals surface area contributed by atoms with Crippen molar-refractivity contribution in [2.45, 2.75) is 57.8 Å². The Kier molecular flexibility index (Phi) is 8.13. The van der Waals surface area contributed by atoms with Crippen LogP contribution < -0.4 is 15.4 Å². The minimum absolute atomic E-state index is 0.0227. The summed E-state index contributed by atoms with van der Waals surface area (Å²) in [6, 6.07) is 5.47. The number of ether oxygens (including phenoxy) is 1. The average Bonchev–Trinajstić information content (AvgIpc) is 3.04. The van der Waals surface area contributed by atoms with Gasteiger partial charge in [0.2, 0.25) is 5.91 Å². The SMILES string of the molecule is CC(CC(=O)NCC(C)(C)NCC(O)COc1cccc2c1C(=O)CC2)O[N+](=O)[O-]. The Hall–Kier alpha value is -2.72. The van der Waals surface area contributed by atoms with E-state index >= 15 is 0 Å². The van der Waals surface area contributed by atoms with Gasteiger partial charge < -0.3 is 25.3 Å². The third-order valence-corrected chi connectivity index (χ3v) is 4.73. The molecule has 0 bridgehead atoms. The highest BCUT2D eigenvalue weighted by atomic mass is 17.0. The van der Waals surface area contributed by atoms with Crippen molar-refractivity contribution < 1.29 is 29.4 Å². The zero-order valence-electron chi connectivity index (χ0n) is 17.5. The van der Waals surface area contributed by atoms with Crippen LogP contribution in [0.5, 0.6) is 5.75 Å². The summed E-state index contributed by atoms with van der Waals surface area (Å²) in [5.74, 6) is 0.181. The van der Waals surface area contributed by atoms with Crippen LogP contribution >= 0.6 is 0 Å².